The van der Waals surface area contributed by atoms with Crippen molar-refractivity contribution in [3.05, 3.63) is 11.5 Å². The molecule has 0 aliphatic carbocycles. The summed E-state index contributed by atoms with van der Waals surface area (Å²) in [5, 5.41) is 0.658. The van der Waals surface area contributed by atoms with Crippen molar-refractivity contribution in [1.82, 2.24) is 4.90 Å². The fourth-order valence-corrected chi connectivity index (χ4v) is 2.20. The van der Waals surface area contributed by atoms with Crippen LogP contribution >= 0.6 is 7.14 Å². The van der Waals surface area contributed by atoms with E-state index in [0.717, 1.165) is 0 Å². The molecule has 0 aromatic carbocycles. The average molecular weight is 275 g/mol. The standard InChI is InChI=1S/C12H22NO4P/c1-12(2,3)17-11(14)13-6-7-16-9-10(8-13)18(4,5)15/h8H,6-7,9H2,1-5H3. The van der Waals surface area contributed by atoms with Crippen LogP contribution in [0.25, 0.3) is 0 Å². The molecule has 0 N–H and O–H groups in total. The fraction of sp³-hybridized carbons (Fsp3) is 0.750. The Morgan fingerprint density at radius 2 is 2.06 bits per heavy atom. The molecule has 1 aliphatic heterocycles. The predicted molar refractivity (Wildman–Crippen MR) is 71.3 cm³/mol. The molecule has 0 spiro atoms. The normalized spacial score (nSPS) is 18.1. The lowest BCUT2D eigenvalue weighted by atomic mass is 10.2. The number of amides is 1. The number of rotatable bonds is 1. The first kappa shape index (κ1) is 15.3. The first-order valence-corrected chi connectivity index (χ1v) is 8.53. The Balaban J connectivity index is 2.87. The smallest absolute Gasteiger partial charge is 0.414 e. The summed E-state index contributed by atoms with van der Waals surface area (Å²) in [6.07, 6.45) is 1.18. The summed E-state index contributed by atoms with van der Waals surface area (Å²) in [5.74, 6) is 0. The number of hydrogen-bond acceptors (Lipinski definition) is 4. The van der Waals surface area contributed by atoms with E-state index in [4.69, 9.17) is 9.47 Å². The molecule has 1 amide bonds. The third kappa shape index (κ3) is 4.83. The van der Waals surface area contributed by atoms with Gasteiger partial charge >= 0.3 is 6.09 Å². The highest BCUT2D eigenvalue weighted by molar-refractivity contribution is 7.66. The summed E-state index contributed by atoms with van der Waals surface area (Å²) in [6, 6.07) is 0. The molecular weight excluding hydrogens is 253 g/mol. The van der Waals surface area contributed by atoms with Crippen LogP contribution in [0.5, 0.6) is 0 Å². The van der Waals surface area contributed by atoms with Crippen LogP contribution in [0.4, 0.5) is 4.79 Å². The molecule has 0 atom stereocenters. The van der Waals surface area contributed by atoms with Gasteiger partial charge in [0.05, 0.1) is 19.8 Å². The summed E-state index contributed by atoms with van der Waals surface area (Å²) in [5.41, 5.74) is -0.541. The second kappa shape index (κ2) is 5.45. The number of carbonyl (C=O) groups excluding carboxylic acids is 1. The maximum absolute atomic E-state index is 12.0. The number of nitrogens with zero attached hydrogens (tertiary/aromatic N) is 1. The molecule has 6 heteroatoms. The molecule has 104 valence electrons. The van der Waals surface area contributed by atoms with Crippen LogP contribution in [0.1, 0.15) is 20.8 Å². The SMILES string of the molecule is CC(C)(C)OC(=O)N1C=C(P(C)(C)=O)COCC1. The highest BCUT2D eigenvalue weighted by atomic mass is 31.2. The zero-order valence-electron chi connectivity index (χ0n) is 11.7. The van der Waals surface area contributed by atoms with Crippen LogP contribution in [0, 0.1) is 0 Å². The van der Waals surface area contributed by atoms with E-state index in [-0.39, 0.29) is 0 Å². The van der Waals surface area contributed by atoms with Crippen molar-refractivity contribution in [3.63, 3.8) is 0 Å². The second-order valence-electron chi connectivity index (χ2n) is 5.70. The van der Waals surface area contributed by atoms with Crippen molar-refractivity contribution >= 4 is 13.2 Å². The van der Waals surface area contributed by atoms with Crippen LogP contribution in [-0.2, 0) is 14.0 Å². The molecule has 1 aliphatic rings. The molecule has 0 fully saturated rings. The molecular formula is C12H22NO4P. The second-order valence-corrected chi connectivity index (χ2v) is 8.97. The Hall–Kier alpha value is -0.800. The van der Waals surface area contributed by atoms with E-state index in [1.54, 1.807) is 19.5 Å². The van der Waals surface area contributed by atoms with Crippen LogP contribution < -0.4 is 0 Å². The Labute approximate surface area is 108 Å². The average Bonchev–Trinajstić information content (AvgIpc) is 2.38. The lowest BCUT2D eigenvalue weighted by molar-refractivity contribution is 0.0304. The molecule has 0 saturated carbocycles. The zero-order valence-corrected chi connectivity index (χ0v) is 12.6. The van der Waals surface area contributed by atoms with Gasteiger partial charge in [0.15, 0.2) is 0 Å². The summed E-state index contributed by atoms with van der Waals surface area (Å²) < 4.78 is 22.7. The molecule has 0 aromatic heterocycles. The van der Waals surface area contributed by atoms with E-state index in [2.05, 4.69) is 0 Å². The Bertz CT molecular complexity index is 391. The van der Waals surface area contributed by atoms with Crippen molar-refractivity contribution in [2.75, 3.05) is 33.1 Å². The number of carbonyl (C=O) groups is 1. The third-order valence-corrected chi connectivity index (χ3v) is 3.98. The minimum absolute atomic E-state index is 0.309. The molecule has 0 bridgehead atoms. The molecule has 0 saturated heterocycles. The van der Waals surface area contributed by atoms with Crippen molar-refractivity contribution in [2.45, 2.75) is 26.4 Å². The lowest BCUT2D eigenvalue weighted by Crippen LogP contribution is -2.34. The van der Waals surface area contributed by atoms with E-state index >= 15 is 0 Å². The Kier molecular flexibility index (Phi) is 4.62. The highest BCUT2D eigenvalue weighted by Gasteiger charge is 2.25. The maximum atomic E-state index is 12.0. The van der Waals surface area contributed by atoms with Gasteiger partial charge in [0.25, 0.3) is 0 Å². The molecule has 1 heterocycles. The molecule has 18 heavy (non-hydrogen) atoms. The Morgan fingerprint density at radius 3 is 2.56 bits per heavy atom. The molecule has 0 radical (unpaired) electrons. The van der Waals surface area contributed by atoms with E-state index in [1.807, 2.05) is 20.8 Å². The molecule has 5 nitrogen and oxygen atoms in total. The minimum Gasteiger partial charge on any atom is -0.443 e. The first-order chi connectivity index (χ1) is 8.09. The Morgan fingerprint density at radius 1 is 1.44 bits per heavy atom. The molecule has 1 rings (SSSR count). The summed E-state index contributed by atoms with van der Waals surface area (Å²) in [6.45, 7) is 9.92. The van der Waals surface area contributed by atoms with Gasteiger partial charge in [-0.3, -0.25) is 4.90 Å². The van der Waals surface area contributed by atoms with Gasteiger partial charge < -0.3 is 14.0 Å². The van der Waals surface area contributed by atoms with Crippen LogP contribution in [0.15, 0.2) is 11.5 Å². The summed E-state index contributed by atoms with van der Waals surface area (Å²) in [4.78, 5) is 13.4. The highest BCUT2D eigenvalue weighted by Crippen LogP contribution is 2.46. The predicted octanol–water partition coefficient (Wildman–Crippen LogP) is 2.72. The van der Waals surface area contributed by atoms with Gasteiger partial charge in [-0.05, 0) is 34.1 Å². The zero-order chi connectivity index (χ0) is 14.0. The summed E-state index contributed by atoms with van der Waals surface area (Å²) in [7, 11) is -2.41. The fourth-order valence-electron chi connectivity index (χ4n) is 1.38. The van der Waals surface area contributed by atoms with Gasteiger partial charge in [-0.2, -0.15) is 0 Å². The van der Waals surface area contributed by atoms with Gasteiger partial charge in [-0.15, -0.1) is 0 Å². The van der Waals surface area contributed by atoms with Gasteiger partial charge in [0.2, 0.25) is 0 Å². The first-order valence-electron chi connectivity index (χ1n) is 5.93. The van der Waals surface area contributed by atoms with Crippen LogP contribution in [0.3, 0.4) is 0 Å². The number of ether oxygens (including phenoxy) is 2. The van der Waals surface area contributed by atoms with Gasteiger partial charge in [-0.1, -0.05) is 0 Å². The van der Waals surface area contributed by atoms with E-state index < -0.39 is 18.8 Å². The molecule has 0 unspecified atom stereocenters. The monoisotopic (exact) mass is 275 g/mol. The third-order valence-electron chi connectivity index (χ3n) is 2.35. The van der Waals surface area contributed by atoms with Crippen molar-refractivity contribution in [3.8, 4) is 0 Å². The van der Waals surface area contributed by atoms with Crippen LogP contribution in [-0.4, -0.2) is 49.7 Å². The maximum Gasteiger partial charge on any atom is 0.414 e. The van der Waals surface area contributed by atoms with Crippen LogP contribution in [0.2, 0.25) is 0 Å². The minimum atomic E-state index is -2.41. The quantitative estimate of drug-likeness (QED) is 0.690. The lowest BCUT2D eigenvalue weighted by Gasteiger charge is -2.24. The van der Waals surface area contributed by atoms with Gasteiger partial charge in [0.1, 0.15) is 12.7 Å². The van der Waals surface area contributed by atoms with E-state index in [9.17, 15) is 9.36 Å². The van der Waals surface area contributed by atoms with Gasteiger partial charge in [0, 0.05) is 11.5 Å². The van der Waals surface area contributed by atoms with Gasteiger partial charge in [-0.25, -0.2) is 4.79 Å². The van der Waals surface area contributed by atoms with E-state index in [0.29, 0.717) is 25.1 Å². The topological polar surface area (TPSA) is 55.8 Å². The van der Waals surface area contributed by atoms with Crippen molar-refractivity contribution < 1.29 is 18.8 Å². The van der Waals surface area contributed by atoms with Crippen molar-refractivity contribution in [1.29, 1.82) is 0 Å². The number of hydrogen-bond donors (Lipinski definition) is 0. The van der Waals surface area contributed by atoms with E-state index in [1.165, 1.54) is 4.90 Å². The molecule has 0 aromatic rings. The largest absolute Gasteiger partial charge is 0.443 e. The van der Waals surface area contributed by atoms with Crippen molar-refractivity contribution in [2.24, 2.45) is 0 Å². The summed E-state index contributed by atoms with van der Waals surface area (Å²) >= 11 is 0.